The number of benzene rings is 8. The molecule has 0 fully saturated rings. The van der Waals surface area contributed by atoms with E-state index in [2.05, 4.69) is 257 Å². The van der Waals surface area contributed by atoms with Crippen molar-refractivity contribution in [2.75, 3.05) is 9.80 Å². The molecule has 0 N–H and O–H groups in total. The van der Waals surface area contributed by atoms with Crippen molar-refractivity contribution in [1.29, 1.82) is 0 Å². The van der Waals surface area contributed by atoms with Crippen LogP contribution >= 0.6 is 0 Å². The SMILES string of the molecule is CC1=C(c2ccc3ccccc3c2C)CCC=C1C1=C2\Bc3cc(N(c4ccccc4)c4ccccc4)ccc3N(c3ccccc3-c3ccccc3)\C2=C(\C)C(C)(C)c2ccccc2\C=C\1. The van der Waals surface area contributed by atoms with Crippen molar-refractivity contribution in [3.63, 3.8) is 0 Å². The first kappa shape index (κ1) is 42.0. The van der Waals surface area contributed by atoms with E-state index < -0.39 is 0 Å². The van der Waals surface area contributed by atoms with E-state index in [4.69, 9.17) is 0 Å². The predicted octanol–water partition coefficient (Wildman–Crippen LogP) is 16.2. The monoisotopic (exact) mass is 862 g/mol. The summed E-state index contributed by atoms with van der Waals surface area (Å²) in [6.07, 6.45) is 9.38. The average molecular weight is 863 g/mol. The lowest BCUT2D eigenvalue weighted by Crippen LogP contribution is -2.39. The van der Waals surface area contributed by atoms with Gasteiger partial charge in [-0.05, 0) is 154 Å². The molecule has 0 radical (unpaired) electrons. The maximum atomic E-state index is 2.63. The van der Waals surface area contributed by atoms with Gasteiger partial charge >= 0.3 is 0 Å². The van der Waals surface area contributed by atoms with Crippen molar-refractivity contribution in [1.82, 2.24) is 0 Å². The van der Waals surface area contributed by atoms with E-state index in [0.29, 0.717) is 0 Å². The van der Waals surface area contributed by atoms with Gasteiger partial charge < -0.3 is 9.80 Å². The van der Waals surface area contributed by atoms with Crippen LogP contribution in [-0.2, 0) is 5.41 Å². The molecule has 324 valence electrons. The molecule has 0 amide bonds. The fourth-order valence-electron chi connectivity index (χ4n) is 11.1. The Morgan fingerprint density at radius 2 is 1.22 bits per heavy atom. The third-order valence-corrected chi connectivity index (χ3v) is 14.8. The standard InChI is InChI=1S/C64H55BN2/c1-43-52-30-17-15-24-47(52)36-39-55(43)53-32-21-33-54(44(53)2)57-40-37-48-25-16-19-34-58(48)64(4,5)45(3)63-62(57)65-59-42-51(66(49-26-11-7-12-27-49)50-28-13-8-14-29-50)38-41-61(59)67(63)60-35-20-18-31-56(60)46-22-9-6-10-23-46/h6-20,22-31,33-42,65H,21,32H2,1-5H3/b40-37+,62-57-,63-45-. The van der Waals surface area contributed by atoms with Crippen molar-refractivity contribution < 1.29 is 0 Å². The third-order valence-electron chi connectivity index (χ3n) is 14.8. The van der Waals surface area contributed by atoms with Crippen LogP contribution in [0.5, 0.6) is 0 Å². The molecule has 8 aromatic carbocycles. The second-order valence-corrected chi connectivity index (χ2v) is 18.8. The second kappa shape index (κ2) is 17.3. The summed E-state index contributed by atoms with van der Waals surface area (Å²) in [5.74, 6) is 0. The van der Waals surface area contributed by atoms with Crippen LogP contribution in [0, 0.1) is 6.92 Å². The van der Waals surface area contributed by atoms with Gasteiger partial charge in [-0.1, -0.05) is 183 Å². The maximum absolute atomic E-state index is 2.63. The van der Waals surface area contributed by atoms with Crippen molar-refractivity contribution >= 4 is 63.6 Å². The highest BCUT2D eigenvalue weighted by Crippen LogP contribution is 2.50. The van der Waals surface area contributed by atoms with Crippen LogP contribution in [0.15, 0.2) is 240 Å². The van der Waals surface area contributed by atoms with Gasteiger partial charge in [-0.25, -0.2) is 0 Å². The summed E-state index contributed by atoms with van der Waals surface area (Å²) in [4.78, 5) is 5.03. The van der Waals surface area contributed by atoms with Crippen molar-refractivity contribution in [3.8, 4) is 11.1 Å². The summed E-state index contributed by atoms with van der Waals surface area (Å²) < 4.78 is 0. The predicted molar refractivity (Wildman–Crippen MR) is 289 cm³/mol. The minimum atomic E-state index is -0.315. The van der Waals surface area contributed by atoms with Crippen LogP contribution in [0.1, 0.15) is 62.8 Å². The van der Waals surface area contributed by atoms with Gasteiger partial charge in [0.05, 0.1) is 5.69 Å². The minimum Gasteiger partial charge on any atom is -0.311 e. The van der Waals surface area contributed by atoms with E-state index in [9.17, 15) is 0 Å². The van der Waals surface area contributed by atoms with Gasteiger partial charge in [0.2, 0.25) is 0 Å². The van der Waals surface area contributed by atoms with Crippen LogP contribution < -0.4 is 15.3 Å². The molecule has 1 heterocycles. The van der Waals surface area contributed by atoms with E-state index in [1.54, 1.807) is 0 Å². The molecule has 3 heteroatoms. The minimum absolute atomic E-state index is 0.315. The summed E-state index contributed by atoms with van der Waals surface area (Å²) in [5.41, 5.74) is 23.8. The smallest absolute Gasteiger partial charge is 0.198 e. The van der Waals surface area contributed by atoms with Gasteiger partial charge in [0.25, 0.3) is 0 Å². The Kier molecular flexibility index (Phi) is 10.9. The van der Waals surface area contributed by atoms with Gasteiger partial charge in [0.15, 0.2) is 7.28 Å². The number of anilines is 5. The maximum Gasteiger partial charge on any atom is 0.198 e. The van der Waals surface area contributed by atoms with Crippen LogP contribution in [0.4, 0.5) is 28.4 Å². The van der Waals surface area contributed by atoms with E-state index in [-0.39, 0.29) is 5.41 Å². The molecule has 0 spiro atoms. The van der Waals surface area contributed by atoms with Gasteiger partial charge in [0, 0.05) is 39.4 Å². The summed E-state index contributed by atoms with van der Waals surface area (Å²) in [6, 6.07) is 71.2. The average Bonchev–Trinajstić information content (AvgIpc) is 3.40. The lowest BCUT2D eigenvalue weighted by molar-refractivity contribution is 0.614. The van der Waals surface area contributed by atoms with Crippen molar-refractivity contribution in [2.24, 2.45) is 0 Å². The molecule has 2 nitrogen and oxygen atoms in total. The number of rotatable bonds is 7. The van der Waals surface area contributed by atoms with Gasteiger partial charge in [-0.2, -0.15) is 0 Å². The summed E-state index contributed by atoms with van der Waals surface area (Å²) in [5, 5.41) is 2.62. The molecule has 0 unspecified atom stereocenters. The fourth-order valence-corrected chi connectivity index (χ4v) is 11.1. The zero-order valence-corrected chi connectivity index (χ0v) is 39.2. The Bertz CT molecular complexity index is 3330. The van der Waals surface area contributed by atoms with Crippen LogP contribution in [0.2, 0.25) is 0 Å². The lowest BCUT2D eigenvalue weighted by Gasteiger charge is -2.42. The zero-order chi connectivity index (χ0) is 45.6. The number of nitrogens with zero attached hydrogens (tertiary/aromatic N) is 2. The van der Waals surface area contributed by atoms with Gasteiger partial charge in [-0.3, -0.25) is 0 Å². The van der Waals surface area contributed by atoms with Crippen LogP contribution in [0.25, 0.3) is 33.5 Å². The molecular weight excluding hydrogens is 808 g/mol. The van der Waals surface area contributed by atoms with Gasteiger partial charge in [0.1, 0.15) is 0 Å². The highest BCUT2D eigenvalue weighted by atomic mass is 15.2. The first-order valence-corrected chi connectivity index (χ1v) is 23.9. The molecule has 0 aromatic heterocycles. The highest BCUT2D eigenvalue weighted by molar-refractivity contribution is 6.66. The first-order chi connectivity index (χ1) is 32.8. The molecule has 0 saturated heterocycles. The normalized spacial score (nSPS) is 18.1. The molecule has 67 heavy (non-hydrogen) atoms. The van der Waals surface area contributed by atoms with Crippen molar-refractivity contribution in [2.45, 2.75) is 52.9 Å². The third kappa shape index (κ3) is 7.40. The van der Waals surface area contributed by atoms with E-state index in [0.717, 1.165) is 37.2 Å². The highest BCUT2D eigenvalue weighted by Gasteiger charge is 2.38. The zero-order valence-electron chi connectivity index (χ0n) is 39.2. The molecule has 2 aliphatic carbocycles. The molecule has 0 saturated carbocycles. The van der Waals surface area contributed by atoms with Crippen LogP contribution in [0.3, 0.4) is 0 Å². The first-order valence-electron chi connectivity index (χ1n) is 23.9. The van der Waals surface area contributed by atoms with Gasteiger partial charge in [-0.15, -0.1) is 0 Å². The Labute approximate surface area is 397 Å². The largest absolute Gasteiger partial charge is 0.311 e. The fraction of sp³-hybridized carbons (Fsp3) is 0.125. The summed E-state index contributed by atoms with van der Waals surface area (Å²) >= 11 is 0. The Hall–Kier alpha value is -7.62. The van der Waals surface area contributed by atoms with E-state index in [1.165, 1.54) is 100 Å². The topological polar surface area (TPSA) is 6.48 Å². The Morgan fingerprint density at radius 1 is 0.567 bits per heavy atom. The van der Waals surface area contributed by atoms with Crippen molar-refractivity contribution in [3.05, 3.63) is 262 Å². The summed E-state index contributed by atoms with van der Waals surface area (Å²) in [6.45, 7) is 11.9. The molecule has 0 bridgehead atoms. The molecule has 11 rings (SSSR count). The summed E-state index contributed by atoms with van der Waals surface area (Å²) in [7, 11) is 0.762. The Morgan fingerprint density at radius 3 is 1.99 bits per heavy atom. The quantitative estimate of drug-likeness (QED) is 0.147. The number of aryl methyl sites for hydroxylation is 1. The molecule has 3 aliphatic rings. The number of allylic oxidation sites excluding steroid dienone is 8. The molecule has 0 atom stereocenters. The molecular formula is C64H55BN2. The van der Waals surface area contributed by atoms with E-state index in [1.807, 2.05) is 0 Å². The number of hydrogen-bond donors (Lipinski definition) is 0. The van der Waals surface area contributed by atoms with Crippen LogP contribution in [-0.4, -0.2) is 7.28 Å². The number of hydrogen-bond acceptors (Lipinski definition) is 2. The number of fused-ring (bicyclic) bond motifs is 4. The second-order valence-electron chi connectivity index (χ2n) is 18.8. The molecule has 8 aromatic rings. The van der Waals surface area contributed by atoms with E-state index >= 15 is 0 Å². The number of para-hydroxylation sites is 3. The lowest BCUT2D eigenvalue weighted by atomic mass is 9.55. The molecule has 1 aliphatic heterocycles. The Balaban J connectivity index is 1.22.